The smallest absolute Gasteiger partial charge is 0.152 e. The van der Waals surface area contributed by atoms with Crippen LogP contribution < -0.4 is 0 Å². The van der Waals surface area contributed by atoms with E-state index < -0.39 is 0 Å². The summed E-state index contributed by atoms with van der Waals surface area (Å²) in [7, 11) is 0. The summed E-state index contributed by atoms with van der Waals surface area (Å²) in [6.07, 6.45) is 0. The van der Waals surface area contributed by atoms with Crippen molar-refractivity contribution in [3.8, 4) is 71.6 Å². The summed E-state index contributed by atoms with van der Waals surface area (Å²) in [5, 5.41) is 33.4. The van der Waals surface area contributed by atoms with E-state index in [0.29, 0.717) is 0 Å². The predicted molar refractivity (Wildman–Crippen MR) is 60.6 cm³/mol. The van der Waals surface area contributed by atoms with Crippen molar-refractivity contribution in [2.24, 2.45) is 0 Å². The Labute approximate surface area is 104 Å². The van der Waals surface area contributed by atoms with Crippen molar-refractivity contribution in [3.63, 3.8) is 0 Å². The molecule has 0 radical (unpaired) electrons. The molecular formula is C14N4. The van der Waals surface area contributed by atoms with Crippen molar-refractivity contribution in [3.05, 3.63) is 11.1 Å². The minimum Gasteiger partial charge on any atom is -0.183 e. The molecule has 0 saturated heterocycles. The van der Waals surface area contributed by atoms with Crippen molar-refractivity contribution in [1.82, 2.24) is 0 Å². The fourth-order valence-corrected chi connectivity index (χ4v) is 0.674. The molecule has 0 aliphatic rings. The lowest BCUT2D eigenvalue weighted by Gasteiger charge is -1.87. The van der Waals surface area contributed by atoms with Gasteiger partial charge in [-0.25, -0.2) is 0 Å². The molecule has 0 unspecified atom stereocenters. The molecule has 0 bridgehead atoms. The van der Waals surface area contributed by atoms with Gasteiger partial charge < -0.3 is 0 Å². The molecule has 0 aromatic rings. The van der Waals surface area contributed by atoms with Gasteiger partial charge in [0.25, 0.3) is 0 Å². The molecule has 4 heteroatoms. The summed E-state index contributed by atoms with van der Waals surface area (Å²) in [4.78, 5) is 0. The second-order valence-electron chi connectivity index (χ2n) is 2.20. The van der Waals surface area contributed by atoms with E-state index in [0.717, 1.165) is 0 Å². The van der Waals surface area contributed by atoms with Crippen LogP contribution in [0.2, 0.25) is 0 Å². The summed E-state index contributed by atoms with van der Waals surface area (Å²) in [5.74, 6) is 17.7. The Balaban J connectivity index is 6.06. The molecule has 18 heavy (non-hydrogen) atoms. The largest absolute Gasteiger partial charge is 0.183 e. The first kappa shape index (κ1) is 13.9. The van der Waals surface area contributed by atoms with Gasteiger partial charge in [0.2, 0.25) is 0 Å². The molecule has 0 aliphatic carbocycles. The molecule has 0 aromatic heterocycles. The summed E-state index contributed by atoms with van der Waals surface area (Å²) >= 11 is 0. The van der Waals surface area contributed by atoms with Crippen LogP contribution in [0.3, 0.4) is 0 Å². The second-order valence-corrected chi connectivity index (χ2v) is 2.20. The Morgan fingerprint density at radius 2 is 0.667 bits per heavy atom. The highest BCUT2D eigenvalue weighted by molar-refractivity contribution is 5.63. The lowest BCUT2D eigenvalue weighted by Crippen LogP contribution is -1.83. The standard InChI is InChI=1S/C14N4/c15-9-1-5-13(6-2-10-16)14(7-3-11-17)8-4-12-18. The number of allylic oxidation sites excluding steroid dienone is 2. The minimum absolute atomic E-state index is 0.0172. The molecule has 0 fully saturated rings. The molecule has 0 rings (SSSR count). The number of hydrogen-bond donors (Lipinski definition) is 0. The van der Waals surface area contributed by atoms with Crippen molar-refractivity contribution in [1.29, 1.82) is 21.0 Å². The summed E-state index contributed by atoms with van der Waals surface area (Å²) in [5.41, 5.74) is 0.0344. The van der Waals surface area contributed by atoms with Crippen molar-refractivity contribution >= 4 is 0 Å². The first-order valence-corrected chi connectivity index (χ1v) is 4.14. The molecule has 0 heterocycles. The third kappa shape index (κ3) is 5.62. The normalized spacial score (nSPS) is 4.89. The Bertz CT molecular complexity index is 646. The third-order valence-electron chi connectivity index (χ3n) is 1.22. The van der Waals surface area contributed by atoms with Gasteiger partial charge >= 0.3 is 0 Å². The molecule has 0 atom stereocenters. The van der Waals surface area contributed by atoms with E-state index in [1.165, 1.54) is 0 Å². The van der Waals surface area contributed by atoms with E-state index in [1.807, 2.05) is 0 Å². The molecule has 76 valence electrons. The molecule has 0 spiro atoms. The van der Waals surface area contributed by atoms with Gasteiger partial charge in [0.15, 0.2) is 24.3 Å². The SMILES string of the molecule is N#CC#CC(C#CC#N)=C(C#CC#N)C#CC#N. The molecule has 0 N–H and O–H groups in total. The highest BCUT2D eigenvalue weighted by Crippen LogP contribution is 2.00. The average molecular weight is 224 g/mol. The Kier molecular flexibility index (Phi) is 7.35. The number of nitrogens with zero attached hydrogens (tertiary/aromatic N) is 4. The van der Waals surface area contributed by atoms with E-state index in [4.69, 9.17) is 21.0 Å². The van der Waals surface area contributed by atoms with E-state index in [9.17, 15) is 0 Å². The topological polar surface area (TPSA) is 95.2 Å². The highest BCUT2D eigenvalue weighted by Gasteiger charge is 1.96. The second kappa shape index (κ2) is 9.49. The van der Waals surface area contributed by atoms with Gasteiger partial charge in [0, 0.05) is 23.7 Å². The highest BCUT2D eigenvalue weighted by atomic mass is 14.2. The monoisotopic (exact) mass is 224 g/mol. The van der Waals surface area contributed by atoms with Gasteiger partial charge in [-0.2, -0.15) is 21.0 Å². The summed E-state index contributed by atoms with van der Waals surface area (Å²) in [6, 6.07) is 6.28. The van der Waals surface area contributed by atoms with Crippen LogP contribution in [0.5, 0.6) is 0 Å². The van der Waals surface area contributed by atoms with Crippen LogP contribution in [-0.2, 0) is 0 Å². The number of nitriles is 4. The molecule has 0 aromatic carbocycles. The summed E-state index contributed by atoms with van der Waals surface area (Å²) in [6.45, 7) is 0. The predicted octanol–water partition coefficient (Wildman–Crippen LogP) is 0.391. The van der Waals surface area contributed by atoms with Crippen LogP contribution >= 0.6 is 0 Å². The molecule has 0 amide bonds. The van der Waals surface area contributed by atoms with Crippen LogP contribution in [0.25, 0.3) is 0 Å². The third-order valence-corrected chi connectivity index (χ3v) is 1.22. The van der Waals surface area contributed by atoms with E-state index in [-0.39, 0.29) is 11.1 Å². The van der Waals surface area contributed by atoms with Gasteiger partial charge in [-0.3, -0.25) is 0 Å². The Morgan fingerprint density at radius 1 is 0.444 bits per heavy atom. The fraction of sp³-hybridized carbons (Fsp3) is 0. The van der Waals surface area contributed by atoms with Crippen molar-refractivity contribution < 1.29 is 0 Å². The molecule has 0 aliphatic heterocycles. The van der Waals surface area contributed by atoms with E-state index in [1.54, 1.807) is 24.3 Å². The van der Waals surface area contributed by atoms with Gasteiger partial charge in [-0.1, -0.05) is 0 Å². The Morgan fingerprint density at radius 3 is 0.833 bits per heavy atom. The minimum atomic E-state index is 0.0172. The lowest BCUT2D eigenvalue weighted by atomic mass is 10.1. The average Bonchev–Trinajstić information content (AvgIpc) is 2.40. The summed E-state index contributed by atoms with van der Waals surface area (Å²) < 4.78 is 0. The van der Waals surface area contributed by atoms with Crippen LogP contribution in [0.1, 0.15) is 0 Å². The van der Waals surface area contributed by atoms with Crippen LogP contribution in [-0.4, -0.2) is 0 Å². The van der Waals surface area contributed by atoms with Gasteiger partial charge in [-0.15, -0.1) is 0 Å². The van der Waals surface area contributed by atoms with Crippen LogP contribution in [0.4, 0.5) is 0 Å². The molecule has 4 nitrogen and oxygen atoms in total. The maximum Gasteiger partial charge on any atom is 0.152 e. The zero-order valence-corrected chi connectivity index (χ0v) is 8.79. The number of rotatable bonds is 0. The van der Waals surface area contributed by atoms with Gasteiger partial charge in [0.1, 0.15) is 11.1 Å². The maximum absolute atomic E-state index is 8.34. The van der Waals surface area contributed by atoms with Gasteiger partial charge in [-0.05, 0) is 23.7 Å². The lowest BCUT2D eigenvalue weighted by molar-refractivity contribution is 1.54. The van der Waals surface area contributed by atoms with Gasteiger partial charge in [0.05, 0.1) is 0 Å². The zero-order chi connectivity index (χ0) is 13.6. The number of hydrogen-bond acceptors (Lipinski definition) is 4. The van der Waals surface area contributed by atoms with E-state index >= 15 is 0 Å². The van der Waals surface area contributed by atoms with E-state index in [2.05, 4.69) is 47.4 Å². The maximum atomic E-state index is 8.34. The first-order chi connectivity index (χ1) is 8.79. The van der Waals surface area contributed by atoms with Crippen LogP contribution in [0, 0.1) is 92.7 Å². The van der Waals surface area contributed by atoms with Crippen molar-refractivity contribution in [2.45, 2.75) is 0 Å². The quantitative estimate of drug-likeness (QED) is 0.556. The first-order valence-electron chi connectivity index (χ1n) is 4.14. The molecule has 0 saturated carbocycles. The molecular weight excluding hydrogens is 224 g/mol. The Hall–Kier alpha value is -4.06. The zero-order valence-electron chi connectivity index (χ0n) is 8.79. The fourth-order valence-electron chi connectivity index (χ4n) is 0.674. The van der Waals surface area contributed by atoms with Crippen molar-refractivity contribution in [2.75, 3.05) is 0 Å². The van der Waals surface area contributed by atoms with Crippen LogP contribution in [0.15, 0.2) is 11.1 Å².